The molecule has 0 heterocycles. The number of rotatable bonds is 6. The topological polar surface area (TPSA) is 56.0 Å². The molecule has 1 unspecified atom stereocenters. The average molecular weight is 170 g/mol. The largest absolute Gasteiger partial charge is 0.392 e. The molecular weight excluding hydrogens is 152 g/mol. The fraction of sp³-hybridized carbons (Fsp3) is 0.889. The Morgan fingerprint density at radius 3 is 2.42 bits per heavy atom. The lowest BCUT2D eigenvalue weighted by Crippen LogP contribution is -2.32. The first-order valence-electron chi connectivity index (χ1n) is 4.51. The molecule has 0 spiro atoms. The molecule has 0 bridgehead atoms. The Kier molecular flexibility index (Phi) is 6.73. The zero-order chi connectivity index (χ0) is 9.40. The van der Waals surface area contributed by atoms with Crippen molar-refractivity contribution in [2.24, 2.45) is 5.92 Å². The van der Waals surface area contributed by atoms with Gasteiger partial charge in [-0.1, -0.05) is 26.7 Å². The Bertz CT molecular complexity index is 138. The summed E-state index contributed by atoms with van der Waals surface area (Å²) in [5, 5.41) is 20.7. The molecular formula is C9H18N2O. The molecule has 0 fully saturated rings. The number of aliphatic hydroxyl groups is 1. The number of hydrogen-bond donors (Lipinski definition) is 2. The molecule has 0 aromatic heterocycles. The van der Waals surface area contributed by atoms with Gasteiger partial charge in [0.2, 0.25) is 0 Å². The van der Waals surface area contributed by atoms with Gasteiger partial charge in [0.15, 0.2) is 0 Å². The Balaban J connectivity index is 3.55. The molecule has 2 N–H and O–H groups in total. The van der Waals surface area contributed by atoms with E-state index < -0.39 is 0 Å². The lowest BCUT2D eigenvalue weighted by atomic mass is 9.97. The van der Waals surface area contributed by atoms with Gasteiger partial charge in [0.25, 0.3) is 0 Å². The average Bonchev–Trinajstić information content (AvgIpc) is 2.07. The van der Waals surface area contributed by atoms with E-state index in [0.29, 0.717) is 19.0 Å². The number of hydrogen-bond acceptors (Lipinski definition) is 3. The van der Waals surface area contributed by atoms with Crippen LogP contribution in [0.2, 0.25) is 0 Å². The number of aliphatic hydroxyl groups excluding tert-OH is 1. The lowest BCUT2D eigenvalue weighted by molar-refractivity contribution is 0.103. The molecule has 3 heteroatoms. The second-order valence-corrected chi connectivity index (χ2v) is 2.93. The van der Waals surface area contributed by atoms with E-state index in [1.165, 1.54) is 0 Å². The zero-order valence-electron chi connectivity index (χ0n) is 7.88. The number of nitrogens with zero attached hydrogens (tertiary/aromatic N) is 1. The quantitative estimate of drug-likeness (QED) is 0.460. The van der Waals surface area contributed by atoms with Crippen molar-refractivity contribution >= 4 is 0 Å². The van der Waals surface area contributed by atoms with Crippen LogP contribution < -0.4 is 5.32 Å². The van der Waals surface area contributed by atoms with E-state index in [2.05, 4.69) is 19.2 Å². The summed E-state index contributed by atoms with van der Waals surface area (Å²) in [6, 6.07) is 1.98. The van der Waals surface area contributed by atoms with Gasteiger partial charge in [0, 0.05) is 6.54 Å². The maximum absolute atomic E-state index is 9.56. The molecule has 1 atom stereocenters. The van der Waals surface area contributed by atoms with Crippen LogP contribution in [0.15, 0.2) is 0 Å². The number of nitrogens with one attached hydrogen (secondary N) is 1. The minimum absolute atomic E-state index is 0.312. The van der Waals surface area contributed by atoms with Crippen molar-refractivity contribution in [2.75, 3.05) is 13.1 Å². The zero-order valence-corrected chi connectivity index (χ0v) is 7.88. The van der Waals surface area contributed by atoms with Gasteiger partial charge in [-0.05, 0) is 5.92 Å². The van der Waals surface area contributed by atoms with Crippen LogP contribution in [0.4, 0.5) is 0 Å². The van der Waals surface area contributed by atoms with Crippen molar-refractivity contribution in [3.8, 4) is 6.07 Å². The fourth-order valence-corrected chi connectivity index (χ4v) is 1.28. The van der Waals surface area contributed by atoms with Gasteiger partial charge in [-0.25, -0.2) is 0 Å². The normalized spacial score (nSPS) is 12.9. The van der Waals surface area contributed by atoms with Crippen LogP contribution in [0.3, 0.4) is 0 Å². The molecule has 0 saturated heterocycles. The molecule has 0 amide bonds. The molecule has 0 aromatic carbocycles. The molecule has 0 aliphatic carbocycles. The van der Waals surface area contributed by atoms with E-state index >= 15 is 0 Å². The Morgan fingerprint density at radius 1 is 1.42 bits per heavy atom. The summed E-state index contributed by atoms with van der Waals surface area (Å²) < 4.78 is 0. The standard InChI is InChI=1S/C9H18N2O/c1-3-8(4-2)9(12)7-11-6-5-10/h8-9,11-12H,3-4,6-7H2,1-2H3. The van der Waals surface area contributed by atoms with Crippen molar-refractivity contribution in [2.45, 2.75) is 32.8 Å². The van der Waals surface area contributed by atoms with Crippen LogP contribution in [-0.4, -0.2) is 24.3 Å². The second kappa shape index (κ2) is 7.08. The van der Waals surface area contributed by atoms with Crippen LogP contribution in [-0.2, 0) is 0 Å². The summed E-state index contributed by atoms with van der Waals surface area (Å²) in [5.41, 5.74) is 0. The third-order valence-corrected chi connectivity index (χ3v) is 2.15. The van der Waals surface area contributed by atoms with Crippen molar-refractivity contribution < 1.29 is 5.11 Å². The second-order valence-electron chi connectivity index (χ2n) is 2.93. The number of nitriles is 1. The maximum Gasteiger partial charge on any atom is 0.0841 e. The molecule has 0 rings (SSSR count). The highest BCUT2D eigenvalue weighted by Gasteiger charge is 2.13. The maximum atomic E-state index is 9.56. The smallest absolute Gasteiger partial charge is 0.0841 e. The van der Waals surface area contributed by atoms with E-state index in [9.17, 15) is 5.11 Å². The highest BCUT2D eigenvalue weighted by Crippen LogP contribution is 2.11. The van der Waals surface area contributed by atoms with Gasteiger partial charge in [-0.2, -0.15) is 5.26 Å². The van der Waals surface area contributed by atoms with Gasteiger partial charge >= 0.3 is 0 Å². The molecule has 12 heavy (non-hydrogen) atoms. The summed E-state index contributed by atoms with van der Waals surface area (Å²) in [4.78, 5) is 0. The molecule has 3 nitrogen and oxygen atoms in total. The third-order valence-electron chi connectivity index (χ3n) is 2.15. The first-order valence-corrected chi connectivity index (χ1v) is 4.51. The van der Waals surface area contributed by atoms with Crippen molar-refractivity contribution in [3.05, 3.63) is 0 Å². The summed E-state index contributed by atoms with van der Waals surface area (Å²) in [7, 11) is 0. The SMILES string of the molecule is CCC(CC)C(O)CNCC#N. The molecule has 0 aliphatic heterocycles. The highest BCUT2D eigenvalue weighted by molar-refractivity contribution is 4.76. The van der Waals surface area contributed by atoms with Crippen molar-refractivity contribution in [1.29, 1.82) is 5.26 Å². The summed E-state index contributed by atoms with van der Waals surface area (Å²) in [6.45, 7) is 4.99. The Morgan fingerprint density at radius 2 is 2.00 bits per heavy atom. The van der Waals surface area contributed by atoms with Crippen LogP contribution in [0.25, 0.3) is 0 Å². The van der Waals surface area contributed by atoms with Gasteiger partial charge in [-0.15, -0.1) is 0 Å². The van der Waals surface area contributed by atoms with E-state index in [0.717, 1.165) is 12.8 Å². The Labute approximate surface area is 74.4 Å². The monoisotopic (exact) mass is 170 g/mol. The first kappa shape index (κ1) is 11.4. The minimum atomic E-state index is -0.312. The molecule has 0 radical (unpaired) electrons. The van der Waals surface area contributed by atoms with Crippen LogP contribution in [0.5, 0.6) is 0 Å². The van der Waals surface area contributed by atoms with E-state index in [1.807, 2.05) is 6.07 Å². The van der Waals surface area contributed by atoms with Gasteiger partial charge in [0.1, 0.15) is 0 Å². The summed E-state index contributed by atoms with van der Waals surface area (Å²) in [5.74, 6) is 0.358. The Hall–Kier alpha value is -0.590. The van der Waals surface area contributed by atoms with Gasteiger partial charge in [-0.3, -0.25) is 0 Å². The molecule has 0 aliphatic rings. The first-order chi connectivity index (χ1) is 5.76. The molecule has 70 valence electrons. The van der Waals surface area contributed by atoms with E-state index in [4.69, 9.17) is 5.26 Å². The van der Waals surface area contributed by atoms with Gasteiger partial charge < -0.3 is 10.4 Å². The summed E-state index contributed by atoms with van der Waals surface area (Å²) in [6.07, 6.45) is 1.67. The van der Waals surface area contributed by atoms with Crippen molar-refractivity contribution in [1.82, 2.24) is 5.32 Å². The van der Waals surface area contributed by atoms with Crippen LogP contribution in [0.1, 0.15) is 26.7 Å². The predicted octanol–water partition coefficient (Wildman–Crippen LogP) is 0.897. The predicted molar refractivity (Wildman–Crippen MR) is 48.6 cm³/mol. The third kappa shape index (κ3) is 4.32. The summed E-state index contributed by atoms with van der Waals surface area (Å²) >= 11 is 0. The van der Waals surface area contributed by atoms with E-state index in [1.54, 1.807) is 0 Å². The molecule has 0 saturated carbocycles. The molecule has 0 aromatic rings. The lowest BCUT2D eigenvalue weighted by Gasteiger charge is -2.19. The van der Waals surface area contributed by atoms with Crippen LogP contribution >= 0.6 is 0 Å². The minimum Gasteiger partial charge on any atom is -0.392 e. The fourth-order valence-electron chi connectivity index (χ4n) is 1.28. The van der Waals surface area contributed by atoms with Crippen molar-refractivity contribution in [3.63, 3.8) is 0 Å². The van der Waals surface area contributed by atoms with Gasteiger partial charge in [0.05, 0.1) is 18.7 Å². The van der Waals surface area contributed by atoms with E-state index in [-0.39, 0.29) is 6.10 Å². The highest BCUT2D eigenvalue weighted by atomic mass is 16.3. The van der Waals surface area contributed by atoms with Crippen LogP contribution in [0, 0.1) is 17.2 Å².